The highest BCUT2D eigenvalue weighted by Gasteiger charge is 1.93. The molecule has 2 aromatic rings. The fourth-order valence-corrected chi connectivity index (χ4v) is 1.68. The molecule has 0 aliphatic carbocycles. The van der Waals surface area contributed by atoms with Gasteiger partial charge in [0, 0.05) is 12.7 Å². The SMILES string of the molecule is Cc1ncncc1C#CCNCCc1ccccc1. The second-order valence-corrected chi connectivity index (χ2v) is 4.24. The molecule has 1 aromatic carbocycles. The summed E-state index contributed by atoms with van der Waals surface area (Å²) in [5, 5.41) is 3.31. The minimum Gasteiger partial charge on any atom is -0.306 e. The summed E-state index contributed by atoms with van der Waals surface area (Å²) in [5.74, 6) is 6.16. The quantitative estimate of drug-likeness (QED) is 0.667. The Balaban J connectivity index is 1.72. The molecule has 3 nitrogen and oxygen atoms in total. The molecule has 3 heteroatoms. The molecule has 1 aromatic heterocycles. The predicted octanol–water partition coefficient (Wildman–Crippen LogP) is 1.97. The number of nitrogens with one attached hydrogen (secondary N) is 1. The van der Waals surface area contributed by atoms with Crippen molar-refractivity contribution in [2.24, 2.45) is 0 Å². The van der Waals surface area contributed by atoms with Gasteiger partial charge in [-0.3, -0.25) is 0 Å². The van der Waals surface area contributed by atoms with Gasteiger partial charge >= 0.3 is 0 Å². The van der Waals surface area contributed by atoms with Crippen molar-refractivity contribution in [1.82, 2.24) is 15.3 Å². The highest BCUT2D eigenvalue weighted by Crippen LogP contribution is 1.98. The van der Waals surface area contributed by atoms with Crippen LogP contribution in [0.4, 0.5) is 0 Å². The molecule has 2 rings (SSSR count). The Labute approximate surface area is 114 Å². The third-order valence-corrected chi connectivity index (χ3v) is 2.78. The summed E-state index contributed by atoms with van der Waals surface area (Å²) in [5.41, 5.74) is 3.16. The summed E-state index contributed by atoms with van der Waals surface area (Å²) in [4.78, 5) is 8.07. The van der Waals surface area contributed by atoms with Crippen LogP contribution in [0.25, 0.3) is 0 Å². The zero-order chi connectivity index (χ0) is 13.3. The number of rotatable bonds is 4. The van der Waals surface area contributed by atoms with Crippen LogP contribution in [0.1, 0.15) is 16.8 Å². The molecule has 0 atom stereocenters. The van der Waals surface area contributed by atoms with Crippen molar-refractivity contribution in [3.05, 3.63) is 59.7 Å². The van der Waals surface area contributed by atoms with Gasteiger partial charge in [0.1, 0.15) is 6.33 Å². The molecular weight excluding hydrogens is 234 g/mol. The lowest BCUT2D eigenvalue weighted by Gasteiger charge is -2.00. The van der Waals surface area contributed by atoms with Gasteiger partial charge in [-0.1, -0.05) is 42.2 Å². The topological polar surface area (TPSA) is 37.8 Å². The highest BCUT2D eigenvalue weighted by atomic mass is 14.8. The van der Waals surface area contributed by atoms with E-state index in [4.69, 9.17) is 0 Å². The average Bonchev–Trinajstić information content (AvgIpc) is 2.45. The molecule has 0 aliphatic rings. The van der Waals surface area contributed by atoms with E-state index in [1.165, 1.54) is 5.56 Å². The van der Waals surface area contributed by atoms with Gasteiger partial charge in [-0.05, 0) is 18.9 Å². The summed E-state index contributed by atoms with van der Waals surface area (Å²) in [7, 11) is 0. The fraction of sp³-hybridized carbons (Fsp3) is 0.250. The van der Waals surface area contributed by atoms with Crippen molar-refractivity contribution >= 4 is 0 Å². The minimum absolute atomic E-state index is 0.682. The van der Waals surface area contributed by atoms with E-state index >= 15 is 0 Å². The smallest absolute Gasteiger partial charge is 0.115 e. The minimum atomic E-state index is 0.682. The first kappa shape index (κ1) is 13.3. The molecule has 1 N–H and O–H groups in total. The molecule has 0 fully saturated rings. The summed E-state index contributed by atoms with van der Waals surface area (Å²) in [6, 6.07) is 10.4. The number of hydrogen-bond acceptors (Lipinski definition) is 3. The van der Waals surface area contributed by atoms with E-state index in [-0.39, 0.29) is 0 Å². The molecule has 96 valence electrons. The van der Waals surface area contributed by atoms with Gasteiger partial charge in [-0.15, -0.1) is 0 Å². The Bertz CT molecular complexity index is 567. The van der Waals surface area contributed by atoms with E-state index in [0.29, 0.717) is 6.54 Å². The third kappa shape index (κ3) is 4.53. The summed E-state index contributed by atoms with van der Waals surface area (Å²) in [6.45, 7) is 3.55. The second kappa shape index (κ2) is 7.30. The molecule has 0 unspecified atom stereocenters. The summed E-state index contributed by atoms with van der Waals surface area (Å²) >= 11 is 0. The number of aryl methyl sites for hydroxylation is 1. The van der Waals surface area contributed by atoms with Gasteiger partial charge in [0.25, 0.3) is 0 Å². The van der Waals surface area contributed by atoms with Crippen LogP contribution in [0.5, 0.6) is 0 Å². The molecule has 0 saturated heterocycles. The van der Waals surface area contributed by atoms with Crippen LogP contribution >= 0.6 is 0 Å². The maximum absolute atomic E-state index is 4.10. The maximum Gasteiger partial charge on any atom is 0.115 e. The van der Waals surface area contributed by atoms with E-state index in [2.05, 4.69) is 51.4 Å². The van der Waals surface area contributed by atoms with Crippen molar-refractivity contribution in [1.29, 1.82) is 0 Å². The Morgan fingerprint density at radius 1 is 1.21 bits per heavy atom. The molecule has 1 heterocycles. The first-order valence-corrected chi connectivity index (χ1v) is 6.36. The van der Waals surface area contributed by atoms with Crippen molar-refractivity contribution in [2.45, 2.75) is 13.3 Å². The van der Waals surface area contributed by atoms with Crippen molar-refractivity contribution in [2.75, 3.05) is 13.1 Å². The first-order valence-electron chi connectivity index (χ1n) is 6.36. The van der Waals surface area contributed by atoms with Crippen LogP contribution in [-0.2, 0) is 6.42 Å². The van der Waals surface area contributed by atoms with Gasteiger partial charge in [-0.2, -0.15) is 0 Å². The normalized spacial score (nSPS) is 9.74. The van der Waals surface area contributed by atoms with Gasteiger partial charge in [0.15, 0.2) is 0 Å². The monoisotopic (exact) mass is 251 g/mol. The fourth-order valence-electron chi connectivity index (χ4n) is 1.68. The number of nitrogens with zero attached hydrogens (tertiary/aromatic N) is 2. The average molecular weight is 251 g/mol. The van der Waals surface area contributed by atoms with Crippen LogP contribution in [0.3, 0.4) is 0 Å². The lowest BCUT2D eigenvalue weighted by molar-refractivity contribution is 0.753. The van der Waals surface area contributed by atoms with Gasteiger partial charge < -0.3 is 5.32 Å². The second-order valence-electron chi connectivity index (χ2n) is 4.24. The van der Waals surface area contributed by atoms with Crippen molar-refractivity contribution in [3.8, 4) is 11.8 Å². The number of aromatic nitrogens is 2. The molecule has 0 saturated carbocycles. The van der Waals surface area contributed by atoms with E-state index in [1.54, 1.807) is 12.5 Å². The first-order chi connectivity index (χ1) is 9.36. The largest absolute Gasteiger partial charge is 0.306 e. The summed E-state index contributed by atoms with van der Waals surface area (Å²) < 4.78 is 0. The molecule has 0 bridgehead atoms. The molecule has 0 aliphatic heterocycles. The Kier molecular flexibility index (Phi) is 5.09. The number of hydrogen-bond donors (Lipinski definition) is 1. The molecule has 0 amide bonds. The van der Waals surface area contributed by atoms with Crippen LogP contribution in [0.2, 0.25) is 0 Å². The van der Waals surface area contributed by atoms with Crippen LogP contribution < -0.4 is 5.32 Å². The lowest BCUT2D eigenvalue weighted by Crippen LogP contribution is -2.17. The van der Waals surface area contributed by atoms with Gasteiger partial charge in [0.2, 0.25) is 0 Å². The number of benzene rings is 1. The third-order valence-electron chi connectivity index (χ3n) is 2.78. The van der Waals surface area contributed by atoms with E-state index in [1.807, 2.05) is 13.0 Å². The van der Waals surface area contributed by atoms with E-state index in [9.17, 15) is 0 Å². The zero-order valence-corrected chi connectivity index (χ0v) is 11.1. The molecular formula is C16H17N3. The van der Waals surface area contributed by atoms with Crippen LogP contribution in [0.15, 0.2) is 42.9 Å². The van der Waals surface area contributed by atoms with Crippen LogP contribution in [-0.4, -0.2) is 23.1 Å². The molecule has 0 radical (unpaired) electrons. The summed E-state index contributed by atoms with van der Waals surface area (Å²) in [6.07, 6.45) is 4.31. The molecule has 19 heavy (non-hydrogen) atoms. The molecule has 0 spiro atoms. The lowest BCUT2D eigenvalue weighted by atomic mass is 10.1. The van der Waals surface area contributed by atoms with Crippen LogP contribution in [0, 0.1) is 18.8 Å². The Hall–Kier alpha value is -2.18. The van der Waals surface area contributed by atoms with Crippen molar-refractivity contribution < 1.29 is 0 Å². The van der Waals surface area contributed by atoms with E-state index in [0.717, 1.165) is 24.2 Å². The Morgan fingerprint density at radius 2 is 2.05 bits per heavy atom. The Morgan fingerprint density at radius 3 is 2.84 bits per heavy atom. The highest BCUT2D eigenvalue weighted by molar-refractivity contribution is 5.34. The van der Waals surface area contributed by atoms with Gasteiger partial charge in [-0.25, -0.2) is 9.97 Å². The van der Waals surface area contributed by atoms with Crippen molar-refractivity contribution in [3.63, 3.8) is 0 Å². The standard InChI is InChI=1S/C16H17N3/c1-14-16(12-18-13-19-14)8-5-10-17-11-9-15-6-3-2-4-7-15/h2-4,6-7,12-13,17H,9-11H2,1H3. The van der Waals surface area contributed by atoms with E-state index < -0.39 is 0 Å². The maximum atomic E-state index is 4.10. The van der Waals surface area contributed by atoms with Gasteiger partial charge in [0.05, 0.1) is 17.8 Å². The zero-order valence-electron chi connectivity index (χ0n) is 11.1. The predicted molar refractivity (Wildman–Crippen MR) is 76.7 cm³/mol.